The lowest BCUT2D eigenvalue weighted by atomic mass is 9.41. The van der Waals surface area contributed by atoms with E-state index in [2.05, 4.69) is 0 Å². The molecule has 9 heteroatoms. The Hall–Kier alpha value is -2.52. The molecule has 0 bridgehead atoms. The molecular weight excluding hydrogens is 490 g/mol. The molecule has 3 fully saturated rings. The second kappa shape index (κ2) is 11.3. The highest BCUT2D eigenvalue weighted by atomic mass is 16.6. The third-order valence-corrected chi connectivity index (χ3v) is 9.78. The number of hydrogen-bond acceptors (Lipinski definition) is 8. The summed E-state index contributed by atoms with van der Waals surface area (Å²) in [6.45, 7) is 9.01. The molecule has 0 radical (unpaired) electrons. The van der Waals surface area contributed by atoms with Crippen molar-refractivity contribution in [3.05, 3.63) is 23.3 Å². The highest BCUT2D eigenvalue weighted by Crippen LogP contribution is 2.64. The molecular formula is C29H43NO8. The molecule has 0 aliphatic heterocycles. The average molecular weight is 534 g/mol. The van der Waals surface area contributed by atoms with Crippen molar-refractivity contribution in [3.8, 4) is 0 Å². The minimum Gasteiger partial charge on any atom is -0.468 e. The lowest BCUT2D eigenvalue weighted by Crippen LogP contribution is -2.68. The van der Waals surface area contributed by atoms with Crippen LogP contribution in [-0.2, 0) is 28.7 Å². The number of ketones is 1. The first-order valence-corrected chi connectivity index (χ1v) is 13.5. The van der Waals surface area contributed by atoms with Gasteiger partial charge >= 0.3 is 11.9 Å². The van der Waals surface area contributed by atoms with Crippen LogP contribution in [0.2, 0.25) is 0 Å². The van der Waals surface area contributed by atoms with Gasteiger partial charge in [-0.3, -0.25) is 14.4 Å². The third kappa shape index (κ3) is 4.83. The fourth-order valence-electron chi connectivity index (χ4n) is 7.46. The lowest BCUT2D eigenvalue weighted by Gasteiger charge is -2.62. The SMILES string of the molecule is CC=C(C)C(=O)OC1CCC2(C)C3CCC(=CC(=O)N(C)CCO)C(C)C3C(O)C(=O)C2C1(C)C(=O)OC. The molecule has 3 saturated carbocycles. The molecule has 0 saturated heterocycles. The summed E-state index contributed by atoms with van der Waals surface area (Å²) >= 11 is 0. The van der Waals surface area contributed by atoms with Crippen molar-refractivity contribution < 1.29 is 38.9 Å². The predicted molar refractivity (Wildman–Crippen MR) is 139 cm³/mol. The van der Waals surface area contributed by atoms with Crippen LogP contribution in [0, 0.1) is 34.5 Å². The van der Waals surface area contributed by atoms with Gasteiger partial charge in [0.15, 0.2) is 5.78 Å². The fraction of sp³-hybridized carbons (Fsp3) is 0.724. The predicted octanol–water partition coefficient (Wildman–Crippen LogP) is 2.44. The van der Waals surface area contributed by atoms with Gasteiger partial charge in [0.2, 0.25) is 5.91 Å². The number of rotatable bonds is 6. The topological polar surface area (TPSA) is 130 Å². The number of carbonyl (C=O) groups excluding carboxylic acids is 4. The molecule has 8 atom stereocenters. The summed E-state index contributed by atoms with van der Waals surface area (Å²) in [7, 11) is 2.87. The van der Waals surface area contributed by atoms with Crippen LogP contribution < -0.4 is 0 Å². The molecule has 9 nitrogen and oxygen atoms in total. The van der Waals surface area contributed by atoms with E-state index < -0.39 is 52.6 Å². The molecule has 2 N–H and O–H groups in total. The first-order chi connectivity index (χ1) is 17.8. The Bertz CT molecular complexity index is 1030. The summed E-state index contributed by atoms with van der Waals surface area (Å²) in [4.78, 5) is 54.1. The van der Waals surface area contributed by atoms with Crippen molar-refractivity contribution in [1.29, 1.82) is 0 Å². The smallest absolute Gasteiger partial charge is 0.333 e. The molecule has 0 heterocycles. The molecule has 0 aromatic rings. The number of aliphatic hydroxyl groups is 2. The Morgan fingerprint density at radius 3 is 2.45 bits per heavy atom. The molecule has 3 rings (SSSR count). The Labute approximate surface area is 225 Å². The Morgan fingerprint density at radius 2 is 1.87 bits per heavy atom. The van der Waals surface area contributed by atoms with Crippen molar-refractivity contribution >= 4 is 23.6 Å². The van der Waals surface area contributed by atoms with E-state index in [0.717, 1.165) is 5.57 Å². The average Bonchev–Trinajstić information content (AvgIpc) is 2.89. The summed E-state index contributed by atoms with van der Waals surface area (Å²) < 4.78 is 11.0. The maximum atomic E-state index is 14.0. The molecule has 38 heavy (non-hydrogen) atoms. The van der Waals surface area contributed by atoms with Gasteiger partial charge in [-0.1, -0.05) is 25.5 Å². The summed E-state index contributed by atoms with van der Waals surface area (Å²) in [6, 6.07) is 0. The number of ether oxygens (including phenoxy) is 2. The molecule has 0 aromatic heterocycles. The van der Waals surface area contributed by atoms with Crippen molar-refractivity contribution in [2.24, 2.45) is 34.5 Å². The van der Waals surface area contributed by atoms with Gasteiger partial charge in [-0.05, 0) is 63.7 Å². The highest BCUT2D eigenvalue weighted by Gasteiger charge is 2.69. The minimum atomic E-state index is -1.46. The zero-order valence-electron chi connectivity index (χ0n) is 23.7. The van der Waals surface area contributed by atoms with Gasteiger partial charge in [0.1, 0.15) is 17.6 Å². The summed E-state index contributed by atoms with van der Waals surface area (Å²) in [5.41, 5.74) is -0.827. The van der Waals surface area contributed by atoms with E-state index in [9.17, 15) is 24.3 Å². The molecule has 3 aliphatic rings. The number of allylic oxidation sites excluding steroid dienone is 2. The van der Waals surface area contributed by atoms with Crippen LogP contribution in [0.5, 0.6) is 0 Å². The van der Waals surface area contributed by atoms with E-state index in [-0.39, 0.29) is 30.9 Å². The van der Waals surface area contributed by atoms with E-state index in [1.165, 1.54) is 12.0 Å². The second-order valence-electron chi connectivity index (χ2n) is 11.7. The summed E-state index contributed by atoms with van der Waals surface area (Å²) in [5, 5.41) is 20.6. The van der Waals surface area contributed by atoms with E-state index in [1.807, 2.05) is 13.8 Å². The highest BCUT2D eigenvalue weighted by molar-refractivity contribution is 5.95. The van der Waals surface area contributed by atoms with Crippen LogP contribution in [0.4, 0.5) is 0 Å². The quantitative estimate of drug-likeness (QED) is 0.393. The fourth-order valence-corrected chi connectivity index (χ4v) is 7.46. The van der Waals surface area contributed by atoms with Gasteiger partial charge in [-0.2, -0.15) is 0 Å². The van der Waals surface area contributed by atoms with Gasteiger partial charge in [0, 0.05) is 37.1 Å². The van der Waals surface area contributed by atoms with E-state index in [4.69, 9.17) is 14.6 Å². The molecule has 212 valence electrons. The molecule has 3 aliphatic carbocycles. The van der Waals surface area contributed by atoms with Crippen molar-refractivity contribution in [3.63, 3.8) is 0 Å². The number of hydrogen-bond donors (Lipinski definition) is 2. The van der Waals surface area contributed by atoms with Crippen LogP contribution in [0.15, 0.2) is 23.3 Å². The standard InChI is InChI=1S/C29H43NO8/c1-8-16(2)26(35)38-20-11-12-28(4)19-10-9-18(15-21(32)30(6)13-14-31)17(3)22(19)23(33)24(34)25(28)29(20,5)27(36)37-7/h8,15,17,19-20,22-23,25,31,33H,9-14H2,1-7H3. The van der Waals surface area contributed by atoms with E-state index >= 15 is 0 Å². The lowest BCUT2D eigenvalue weighted by molar-refractivity contribution is -0.214. The van der Waals surface area contributed by atoms with Gasteiger partial charge in [-0.25, -0.2) is 4.79 Å². The first kappa shape index (κ1) is 30.0. The van der Waals surface area contributed by atoms with E-state index in [0.29, 0.717) is 31.3 Å². The van der Waals surface area contributed by atoms with Crippen molar-refractivity contribution in [2.75, 3.05) is 27.3 Å². The molecule has 0 aromatic carbocycles. The number of nitrogens with zero attached hydrogens (tertiary/aromatic N) is 1. The third-order valence-electron chi connectivity index (χ3n) is 9.78. The molecule has 8 unspecified atom stereocenters. The number of aliphatic hydroxyl groups excluding tert-OH is 2. The minimum absolute atomic E-state index is 0.0875. The van der Waals surface area contributed by atoms with Crippen LogP contribution in [0.25, 0.3) is 0 Å². The van der Waals surface area contributed by atoms with Gasteiger partial charge in [-0.15, -0.1) is 0 Å². The zero-order chi connectivity index (χ0) is 28.6. The monoisotopic (exact) mass is 533 g/mol. The Kier molecular flexibility index (Phi) is 8.93. The first-order valence-electron chi connectivity index (χ1n) is 13.5. The number of Topliss-reactive ketones (excluding diaryl/α,β-unsaturated/α-hetero) is 1. The zero-order valence-corrected chi connectivity index (χ0v) is 23.7. The Balaban J connectivity index is 2.01. The largest absolute Gasteiger partial charge is 0.468 e. The Morgan fingerprint density at radius 1 is 1.21 bits per heavy atom. The maximum absolute atomic E-state index is 14.0. The number of fused-ring (bicyclic) bond motifs is 3. The maximum Gasteiger partial charge on any atom is 0.333 e. The van der Waals surface area contributed by atoms with Gasteiger partial charge in [0.05, 0.1) is 13.7 Å². The molecule has 0 spiro atoms. The summed E-state index contributed by atoms with van der Waals surface area (Å²) in [5.74, 6) is -3.47. The number of likely N-dealkylation sites (N-methyl/N-ethyl adjacent to an activating group) is 1. The van der Waals surface area contributed by atoms with Crippen LogP contribution in [0.1, 0.15) is 60.3 Å². The number of amides is 1. The van der Waals surface area contributed by atoms with Crippen molar-refractivity contribution in [1.82, 2.24) is 4.90 Å². The summed E-state index contributed by atoms with van der Waals surface area (Å²) in [6.07, 6.45) is 3.19. The van der Waals surface area contributed by atoms with Crippen LogP contribution in [-0.4, -0.2) is 78.3 Å². The number of esters is 2. The van der Waals surface area contributed by atoms with Gasteiger partial charge in [0.25, 0.3) is 0 Å². The number of carbonyl (C=O) groups is 4. The van der Waals surface area contributed by atoms with Crippen molar-refractivity contribution in [2.45, 2.75) is 72.5 Å². The van der Waals surface area contributed by atoms with Gasteiger partial charge < -0.3 is 24.6 Å². The normalized spacial score (nSPS) is 38.2. The van der Waals surface area contributed by atoms with E-state index in [1.54, 1.807) is 40.0 Å². The van der Waals surface area contributed by atoms with Crippen LogP contribution >= 0.6 is 0 Å². The molecule has 1 amide bonds. The van der Waals surface area contributed by atoms with Crippen LogP contribution in [0.3, 0.4) is 0 Å². The number of methoxy groups -OCH3 is 1. The second-order valence-corrected chi connectivity index (χ2v) is 11.7.